The van der Waals surface area contributed by atoms with E-state index in [9.17, 15) is 17.6 Å². The molecule has 1 aliphatic heterocycles. The number of amides is 1. The van der Waals surface area contributed by atoms with Crippen molar-refractivity contribution in [3.63, 3.8) is 0 Å². The van der Waals surface area contributed by atoms with E-state index in [1.54, 1.807) is 6.92 Å². The maximum atomic E-state index is 13.8. The van der Waals surface area contributed by atoms with Gasteiger partial charge in [-0.2, -0.15) is 0 Å². The molecule has 0 atom stereocenters. The molecule has 12 heteroatoms. The van der Waals surface area contributed by atoms with Crippen LogP contribution in [0.4, 0.5) is 9.52 Å². The van der Waals surface area contributed by atoms with Crippen LogP contribution in [0.2, 0.25) is 5.02 Å². The fraction of sp³-hybridized carbons (Fsp3) is 0.333. The first-order valence-corrected chi connectivity index (χ1v) is 10.5. The normalized spacial score (nSPS) is 15.0. The molecule has 1 aromatic heterocycles. The van der Waals surface area contributed by atoms with Gasteiger partial charge >= 0.3 is 0 Å². The molecule has 146 valence electrons. The molecule has 0 aliphatic carbocycles. The van der Waals surface area contributed by atoms with E-state index < -0.39 is 26.6 Å². The van der Waals surface area contributed by atoms with Gasteiger partial charge in [-0.05, 0) is 25.1 Å². The summed E-state index contributed by atoms with van der Waals surface area (Å²) in [7, 11) is -4.30. The molecule has 8 nitrogen and oxygen atoms in total. The number of aryl methyl sites for hydroxylation is 1. The first kappa shape index (κ1) is 20.0. The van der Waals surface area contributed by atoms with E-state index in [4.69, 9.17) is 16.3 Å². The van der Waals surface area contributed by atoms with Crippen molar-refractivity contribution >= 4 is 44.0 Å². The van der Waals surface area contributed by atoms with E-state index in [2.05, 4.69) is 10.4 Å². The molecule has 1 fully saturated rings. The number of aromatic nitrogens is 1. The molecule has 0 bridgehead atoms. The van der Waals surface area contributed by atoms with Crippen molar-refractivity contribution in [2.24, 2.45) is 0 Å². The van der Waals surface area contributed by atoms with Crippen molar-refractivity contribution in [2.75, 3.05) is 31.2 Å². The Morgan fingerprint density at radius 3 is 2.74 bits per heavy atom. The molecule has 2 aromatic rings. The van der Waals surface area contributed by atoms with E-state index in [0.29, 0.717) is 37.1 Å². The van der Waals surface area contributed by atoms with Gasteiger partial charge in [-0.15, -0.1) is 4.83 Å². The largest absolute Gasteiger partial charge is 0.378 e. The zero-order valence-electron chi connectivity index (χ0n) is 14.2. The van der Waals surface area contributed by atoms with Crippen LogP contribution in [0.25, 0.3) is 0 Å². The minimum Gasteiger partial charge on any atom is -0.378 e. The third-order valence-electron chi connectivity index (χ3n) is 3.76. The number of nitrogens with zero attached hydrogens (tertiary/aromatic N) is 2. The Labute approximate surface area is 164 Å². The predicted molar refractivity (Wildman–Crippen MR) is 99.1 cm³/mol. The van der Waals surface area contributed by atoms with Crippen LogP contribution in [-0.4, -0.2) is 45.6 Å². The number of benzene rings is 1. The van der Waals surface area contributed by atoms with E-state index >= 15 is 0 Å². The summed E-state index contributed by atoms with van der Waals surface area (Å²) in [6, 6.07) is 3.13. The van der Waals surface area contributed by atoms with Crippen molar-refractivity contribution in [3.05, 3.63) is 39.6 Å². The zero-order chi connectivity index (χ0) is 19.6. The minimum absolute atomic E-state index is 0.0615. The molecule has 1 saturated heterocycles. The van der Waals surface area contributed by atoms with Crippen LogP contribution in [0.5, 0.6) is 0 Å². The molecule has 0 spiro atoms. The molecule has 27 heavy (non-hydrogen) atoms. The summed E-state index contributed by atoms with van der Waals surface area (Å²) in [4.78, 5) is 20.2. The lowest BCUT2D eigenvalue weighted by atomic mass is 10.3. The molecule has 0 saturated carbocycles. The fourth-order valence-electron chi connectivity index (χ4n) is 2.40. The van der Waals surface area contributed by atoms with Gasteiger partial charge in [0.2, 0.25) is 0 Å². The average Bonchev–Trinajstić information content (AvgIpc) is 3.02. The van der Waals surface area contributed by atoms with Crippen LogP contribution >= 0.6 is 22.9 Å². The van der Waals surface area contributed by atoms with Crippen LogP contribution in [0, 0.1) is 12.7 Å². The lowest BCUT2D eigenvalue weighted by Gasteiger charge is -2.25. The van der Waals surface area contributed by atoms with Gasteiger partial charge in [0.05, 0.1) is 18.9 Å². The number of carbonyl (C=O) groups excluding carboxylic acids is 1. The summed E-state index contributed by atoms with van der Waals surface area (Å²) in [6.45, 7) is 4.13. The summed E-state index contributed by atoms with van der Waals surface area (Å²) in [5.41, 5.74) is 2.56. The highest BCUT2D eigenvalue weighted by molar-refractivity contribution is 7.89. The molecule has 3 rings (SSSR count). The SMILES string of the molecule is Cc1nc(N2CCOCC2)sc1C(=O)NNS(=O)(=O)c1ccc(Cl)cc1F. The van der Waals surface area contributed by atoms with Gasteiger partial charge in [0.15, 0.2) is 5.13 Å². The van der Waals surface area contributed by atoms with Gasteiger partial charge in [-0.1, -0.05) is 22.9 Å². The lowest BCUT2D eigenvalue weighted by molar-refractivity contribution is 0.0948. The number of nitrogens with one attached hydrogen (secondary N) is 2. The molecule has 1 amide bonds. The first-order valence-electron chi connectivity index (χ1n) is 7.85. The third kappa shape index (κ3) is 4.55. The second-order valence-electron chi connectivity index (χ2n) is 5.64. The Balaban J connectivity index is 1.71. The summed E-state index contributed by atoms with van der Waals surface area (Å²) < 4.78 is 43.5. The minimum atomic E-state index is -4.30. The lowest BCUT2D eigenvalue weighted by Crippen LogP contribution is -2.41. The van der Waals surface area contributed by atoms with Crippen LogP contribution in [0.3, 0.4) is 0 Å². The molecule has 0 unspecified atom stereocenters. The van der Waals surface area contributed by atoms with Gasteiger partial charge in [0.1, 0.15) is 15.6 Å². The Morgan fingerprint density at radius 1 is 1.37 bits per heavy atom. The smallest absolute Gasteiger partial charge is 0.278 e. The van der Waals surface area contributed by atoms with Crippen LogP contribution in [0.1, 0.15) is 15.4 Å². The van der Waals surface area contributed by atoms with E-state index in [1.165, 1.54) is 6.07 Å². The highest BCUT2D eigenvalue weighted by Crippen LogP contribution is 2.26. The fourth-order valence-corrected chi connectivity index (χ4v) is 4.47. The maximum absolute atomic E-state index is 13.8. The monoisotopic (exact) mass is 434 g/mol. The second kappa shape index (κ2) is 8.07. The maximum Gasteiger partial charge on any atom is 0.278 e. The predicted octanol–water partition coefficient (Wildman–Crippen LogP) is 1.70. The molecule has 1 aromatic carbocycles. The quantitative estimate of drug-likeness (QED) is 0.695. The van der Waals surface area contributed by atoms with Crippen LogP contribution in [-0.2, 0) is 14.8 Å². The first-order chi connectivity index (χ1) is 12.8. The van der Waals surface area contributed by atoms with E-state index in [-0.39, 0.29) is 9.90 Å². The second-order valence-corrected chi connectivity index (χ2v) is 8.71. The van der Waals surface area contributed by atoms with Gasteiger partial charge in [0.25, 0.3) is 15.9 Å². The number of sulfonamides is 1. The van der Waals surface area contributed by atoms with Gasteiger partial charge in [-0.3, -0.25) is 10.2 Å². The summed E-state index contributed by atoms with van der Waals surface area (Å²) >= 11 is 6.76. The molecule has 1 aliphatic rings. The molecule has 0 radical (unpaired) electrons. The number of anilines is 1. The van der Waals surface area contributed by atoms with Gasteiger partial charge in [0, 0.05) is 18.1 Å². The number of hydrogen-bond donors (Lipinski definition) is 2. The molecular formula is C15H16ClFN4O4S2. The van der Waals surface area contributed by atoms with Crippen molar-refractivity contribution < 1.29 is 22.3 Å². The number of hydrogen-bond acceptors (Lipinski definition) is 7. The number of hydrazine groups is 1. The Kier molecular flexibility index (Phi) is 5.96. The Bertz CT molecular complexity index is 961. The Hall–Kier alpha value is -1.79. The van der Waals surface area contributed by atoms with Crippen molar-refractivity contribution in [3.8, 4) is 0 Å². The van der Waals surface area contributed by atoms with Crippen LogP contribution in [0.15, 0.2) is 23.1 Å². The Morgan fingerprint density at radius 2 is 2.07 bits per heavy atom. The average molecular weight is 435 g/mol. The molecule has 2 N–H and O–H groups in total. The topological polar surface area (TPSA) is 101 Å². The third-order valence-corrected chi connectivity index (χ3v) is 6.49. The highest BCUT2D eigenvalue weighted by Gasteiger charge is 2.23. The van der Waals surface area contributed by atoms with Crippen molar-refractivity contribution in [1.29, 1.82) is 0 Å². The molecule has 2 heterocycles. The van der Waals surface area contributed by atoms with Gasteiger partial charge in [-0.25, -0.2) is 17.8 Å². The van der Waals surface area contributed by atoms with E-state index in [0.717, 1.165) is 23.5 Å². The van der Waals surface area contributed by atoms with Gasteiger partial charge < -0.3 is 9.64 Å². The summed E-state index contributed by atoms with van der Waals surface area (Å²) in [5.74, 6) is -1.70. The number of ether oxygens (including phenoxy) is 1. The summed E-state index contributed by atoms with van der Waals surface area (Å²) in [5, 5.41) is 0.721. The number of thiazole rings is 1. The van der Waals surface area contributed by atoms with E-state index in [1.807, 2.05) is 9.73 Å². The standard InChI is InChI=1S/C15H16ClFN4O4S2/c1-9-13(26-15(18-9)21-4-6-25-7-5-21)14(22)19-20-27(23,24)12-3-2-10(16)8-11(12)17/h2-3,8,20H,4-7H2,1H3,(H,19,22). The number of halogens is 2. The van der Waals surface area contributed by atoms with Crippen LogP contribution < -0.4 is 15.2 Å². The zero-order valence-corrected chi connectivity index (χ0v) is 16.5. The number of carbonyl (C=O) groups is 1. The number of morpholine rings is 1. The van der Waals surface area contributed by atoms with Crippen molar-refractivity contribution in [2.45, 2.75) is 11.8 Å². The molecular weight excluding hydrogens is 419 g/mol. The number of rotatable bonds is 5. The van der Waals surface area contributed by atoms with Crippen molar-refractivity contribution in [1.82, 2.24) is 15.2 Å². The summed E-state index contributed by atoms with van der Waals surface area (Å²) in [6.07, 6.45) is 0. The highest BCUT2D eigenvalue weighted by atomic mass is 35.5.